The highest BCUT2D eigenvalue weighted by Crippen LogP contribution is 2.14. The van der Waals surface area contributed by atoms with Crippen LogP contribution in [0.3, 0.4) is 0 Å². The topological polar surface area (TPSA) is 56.7 Å². The van der Waals surface area contributed by atoms with Crippen molar-refractivity contribution in [2.45, 2.75) is 12.5 Å². The molecule has 1 unspecified atom stereocenters. The third-order valence-corrected chi connectivity index (χ3v) is 2.50. The summed E-state index contributed by atoms with van der Waals surface area (Å²) in [6.07, 6.45) is 2.29. The van der Waals surface area contributed by atoms with Gasteiger partial charge in [0.2, 0.25) is 0 Å². The van der Waals surface area contributed by atoms with E-state index >= 15 is 0 Å². The van der Waals surface area contributed by atoms with Gasteiger partial charge >= 0.3 is 0 Å². The molecule has 0 radical (unpaired) electrons. The maximum atomic E-state index is 12.7. The molecule has 84 valence electrons. The number of hydrogen-bond donors (Lipinski definition) is 1. The number of nitrogens with zero attached hydrogens (tertiary/aromatic N) is 3. The van der Waals surface area contributed by atoms with E-state index in [0.29, 0.717) is 6.42 Å². The predicted octanol–water partition coefficient (Wildman–Crippen LogP) is 1.20. The first-order valence-corrected chi connectivity index (χ1v) is 5.01. The Bertz CT molecular complexity index is 463. The molecule has 1 aromatic heterocycles. The minimum Gasteiger partial charge on any atom is -0.322 e. The SMILES string of the molecule is Cn1nncc1C(N)Cc1ccc(F)cc1. The quantitative estimate of drug-likeness (QED) is 0.845. The molecule has 1 heterocycles. The highest BCUT2D eigenvalue weighted by Gasteiger charge is 2.11. The second-order valence-electron chi connectivity index (χ2n) is 3.72. The number of hydrogen-bond acceptors (Lipinski definition) is 3. The third kappa shape index (κ3) is 2.25. The van der Waals surface area contributed by atoms with Gasteiger partial charge in [0, 0.05) is 7.05 Å². The van der Waals surface area contributed by atoms with Crippen molar-refractivity contribution in [1.82, 2.24) is 15.0 Å². The Morgan fingerprint density at radius 3 is 2.62 bits per heavy atom. The van der Waals surface area contributed by atoms with E-state index in [9.17, 15) is 4.39 Å². The molecule has 0 saturated heterocycles. The van der Waals surface area contributed by atoms with Crippen molar-refractivity contribution >= 4 is 0 Å². The lowest BCUT2D eigenvalue weighted by Crippen LogP contribution is -2.17. The lowest BCUT2D eigenvalue weighted by Gasteiger charge is -2.10. The van der Waals surface area contributed by atoms with Crippen LogP contribution < -0.4 is 5.73 Å². The van der Waals surface area contributed by atoms with E-state index in [2.05, 4.69) is 10.3 Å². The third-order valence-electron chi connectivity index (χ3n) is 2.50. The maximum Gasteiger partial charge on any atom is 0.123 e. The zero-order chi connectivity index (χ0) is 11.5. The van der Waals surface area contributed by atoms with E-state index in [1.54, 1.807) is 30.1 Å². The number of aromatic nitrogens is 3. The van der Waals surface area contributed by atoms with Crippen LogP contribution in [0.15, 0.2) is 30.5 Å². The first-order chi connectivity index (χ1) is 7.66. The van der Waals surface area contributed by atoms with E-state index in [1.807, 2.05) is 0 Å². The monoisotopic (exact) mass is 220 g/mol. The minimum atomic E-state index is -0.237. The average Bonchev–Trinajstić information content (AvgIpc) is 2.68. The molecule has 0 saturated carbocycles. The lowest BCUT2D eigenvalue weighted by molar-refractivity contribution is 0.603. The molecule has 1 atom stereocenters. The minimum absolute atomic E-state index is 0.175. The molecule has 0 fully saturated rings. The fourth-order valence-corrected chi connectivity index (χ4v) is 1.61. The van der Waals surface area contributed by atoms with Crippen molar-refractivity contribution in [3.63, 3.8) is 0 Å². The van der Waals surface area contributed by atoms with Crippen molar-refractivity contribution in [3.05, 3.63) is 47.5 Å². The molecule has 1 aromatic carbocycles. The Balaban J connectivity index is 2.10. The summed E-state index contributed by atoms with van der Waals surface area (Å²) in [5, 5.41) is 7.59. The largest absolute Gasteiger partial charge is 0.322 e. The van der Waals surface area contributed by atoms with Crippen molar-refractivity contribution < 1.29 is 4.39 Å². The lowest BCUT2D eigenvalue weighted by atomic mass is 10.0. The fraction of sp³-hybridized carbons (Fsp3) is 0.273. The number of halogens is 1. The van der Waals surface area contributed by atoms with Crippen molar-refractivity contribution in [1.29, 1.82) is 0 Å². The maximum absolute atomic E-state index is 12.7. The van der Waals surface area contributed by atoms with Gasteiger partial charge in [-0.15, -0.1) is 5.10 Å². The predicted molar refractivity (Wildman–Crippen MR) is 58.0 cm³/mol. The smallest absolute Gasteiger partial charge is 0.123 e. The van der Waals surface area contributed by atoms with Gasteiger partial charge in [-0.3, -0.25) is 4.68 Å². The Morgan fingerprint density at radius 1 is 1.38 bits per heavy atom. The normalized spacial score (nSPS) is 12.7. The van der Waals surface area contributed by atoms with Gasteiger partial charge in [-0.25, -0.2) is 4.39 Å². The van der Waals surface area contributed by atoms with E-state index in [0.717, 1.165) is 11.3 Å². The summed E-state index contributed by atoms with van der Waals surface area (Å²) in [6.45, 7) is 0. The van der Waals surface area contributed by atoms with Gasteiger partial charge in [-0.05, 0) is 24.1 Å². The van der Waals surface area contributed by atoms with Crippen LogP contribution in [-0.2, 0) is 13.5 Å². The summed E-state index contributed by atoms with van der Waals surface area (Å²) >= 11 is 0. The molecule has 2 rings (SSSR count). The number of benzene rings is 1. The van der Waals surface area contributed by atoms with Crippen molar-refractivity contribution in [3.8, 4) is 0 Å². The van der Waals surface area contributed by atoms with Gasteiger partial charge in [-0.1, -0.05) is 17.3 Å². The molecule has 2 aromatic rings. The fourth-order valence-electron chi connectivity index (χ4n) is 1.61. The summed E-state index contributed by atoms with van der Waals surface area (Å²) in [6, 6.07) is 6.16. The van der Waals surface area contributed by atoms with E-state index in [-0.39, 0.29) is 11.9 Å². The number of nitrogens with two attached hydrogens (primary N) is 1. The summed E-state index contributed by atoms with van der Waals surface area (Å²) in [7, 11) is 1.80. The van der Waals surface area contributed by atoms with E-state index in [1.165, 1.54) is 12.1 Å². The molecule has 5 heteroatoms. The van der Waals surface area contributed by atoms with Crippen LogP contribution in [0.4, 0.5) is 4.39 Å². The van der Waals surface area contributed by atoms with Gasteiger partial charge in [-0.2, -0.15) is 0 Å². The van der Waals surface area contributed by atoms with E-state index < -0.39 is 0 Å². The van der Waals surface area contributed by atoms with Crippen molar-refractivity contribution in [2.75, 3.05) is 0 Å². The summed E-state index contributed by atoms with van der Waals surface area (Å²) in [4.78, 5) is 0. The van der Waals surface area contributed by atoms with Gasteiger partial charge in [0.1, 0.15) is 5.82 Å². The molecular weight excluding hydrogens is 207 g/mol. The van der Waals surface area contributed by atoms with Gasteiger partial charge < -0.3 is 5.73 Å². The van der Waals surface area contributed by atoms with Crippen LogP contribution >= 0.6 is 0 Å². The Labute approximate surface area is 92.9 Å². The number of rotatable bonds is 3. The second kappa shape index (κ2) is 4.40. The van der Waals surface area contributed by atoms with Crippen LogP contribution in [0.2, 0.25) is 0 Å². The second-order valence-corrected chi connectivity index (χ2v) is 3.72. The molecule has 0 bridgehead atoms. The molecule has 4 nitrogen and oxygen atoms in total. The van der Waals surface area contributed by atoms with Crippen LogP contribution in [0.5, 0.6) is 0 Å². The first-order valence-electron chi connectivity index (χ1n) is 5.01. The molecule has 2 N–H and O–H groups in total. The summed E-state index contributed by atoms with van der Waals surface area (Å²) in [5.41, 5.74) is 7.88. The first kappa shape index (κ1) is 10.8. The van der Waals surface area contributed by atoms with E-state index in [4.69, 9.17) is 5.73 Å². The van der Waals surface area contributed by atoms with Crippen molar-refractivity contribution in [2.24, 2.45) is 12.8 Å². The molecule has 0 amide bonds. The molecule has 16 heavy (non-hydrogen) atoms. The summed E-state index contributed by atoms with van der Waals surface area (Å²) < 4.78 is 14.4. The van der Waals surface area contributed by atoms with Crippen LogP contribution in [0.1, 0.15) is 17.3 Å². The van der Waals surface area contributed by atoms with Gasteiger partial charge in [0.15, 0.2) is 0 Å². The van der Waals surface area contributed by atoms with Gasteiger partial charge in [0.05, 0.1) is 17.9 Å². The van der Waals surface area contributed by atoms with Crippen LogP contribution in [-0.4, -0.2) is 15.0 Å². The number of aryl methyl sites for hydroxylation is 1. The Hall–Kier alpha value is -1.75. The molecule has 0 aliphatic rings. The average molecular weight is 220 g/mol. The van der Waals surface area contributed by atoms with Crippen LogP contribution in [0, 0.1) is 5.82 Å². The zero-order valence-electron chi connectivity index (χ0n) is 8.97. The Morgan fingerprint density at radius 2 is 2.06 bits per heavy atom. The molecular formula is C11H13FN4. The highest BCUT2D eigenvalue weighted by molar-refractivity contribution is 5.19. The molecule has 0 aliphatic carbocycles. The molecule has 0 spiro atoms. The highest BCUT2D eigenvalue weighted by atomic mass is 19.1. The summed E-state index contributed by atoms with van der Waals surface area (Å²) in [5.74, 6) is -0.237. The van der Waals surface area contributed by atoms with Gasteiger partial charge in [0.25, 0.3) is 0 Å². The standard InChI is InChI=1S/C11H13FN4/c1-16-11(7-14-15-16)10(13)6-8-2-4-9(12)5-3-8/h2-5,7,10H,6,13H2,1H3. The molecule has 0 aliphatic heterocycles. The zero-order valence-corrected chi connectivity index (χ0v) is 8.97. The Kier molecular flexibility index (Phi) is 2.96. The van der Waals surface area contributed by atoms with Crippen LogP contribution in [0.25, 0.3) is 0 Å².